The molecule has 0 aromatic heterocycles. The van der Waals surface area contributed by atoms with Crippen LogP contribution in [0.25, 0.3) is 0 Å². The van der Waals surface area contributed by atoms with E-state index >= 15 is 0 Å². The van der Waals surface area contributed by atoms with Gasteiger partial charge in [0.1, 0.15) is 6.07 Å². The molecular formula is C14H16N4O. The van der Waals surface area contributed by atoms with Gasteiger partial charge in [0.25, 0.3) is 0 Å². The maximum absolute atomic E-state index is 11.8. The maximum atomic E-state index is 11.8. The van der Waals surface area contributed by atoms with E-state index in [9.17, 15) is 10.1 Å². The molecule has 1 aromatic carbocycles. The third-order valence-electron chi connectivity index (χ3n) is 3.82. The quantitative estimate of drug-likeness (QED) is 0.778. The number of hydrogen-bond acceptors (Lipinski definition) is 4. The molecular weight excluding hydrogens is 240 g/mol. The summed E-state index contributed by atoms with van der Waals surface area (Å²) in [5.74, 6) is 0.185. The highest BCUT2D eigenvalue weighted by molar-refractivity contribution is 5.80. The molecule has 1 atom stereocenters. The van der Waals surface area contributed by atoms with Gasteiger partial charge >= 0.3 is 0 Å². The Balaban J connectivity index is 1.81. The summed E-state index contributed by atoms with van der Waals surface area (Å²) in [7, 11) is 0. The van der Waals surface area contributed by atoms with Gasteiger partial charge in [-0.25, -0.2) is 0 Å². The van der Waals surface area contributed by atoms with Gasteiger partial charge < -0.3 is 15.1 Å². The number of piperazine rings is 2. The zero-order valence-corrected chi connectivity index (χ0v) is 10.7. The van der Waals surface area contributed by atoms with Gasteiger partial charge in [0.2, 0.25) is 5.91 Å². The van der Waals surface area contributed by atoms with E-state index in [1.54, 1.807) is 0 Å². The van der Waals surface area contributed by atoms with Gasteiger partial charge in [0.05, 0.1) is 23.8 Å². The molecule has 2 saturated heterocycles. The fourth-order valence-electron chi connectivity index (χ4n) is 2.87. The fraction of sp³-hybridized carbons (Fsp3) is 0.429. The van der Waals surface area contributed by atoms with Crippen LogP contribution in [-0.4, -0.2) is 49.6 Å². The lowest BCUT2D eigenvalue weighted by atomic mass is 10.1. The van der Waals surface area contributed by atoms with Crippen LogP contribution in [0, 0.1) is 11.3 Å². The fourth-order valence-corrected chi connectivity index (χ4v) is 2.87. The first-order valence-corrected chi connectivity index (χ1v) is 6.54. The second-order valence-corrected chi connectivity index (χ2v) is 4.95. The summed E-state index contributed by atoms with van der Waals surface area (Å²) in [6.45, 7) is 3.60. The number of fused-ring (bicyclic) bond motifs is 1. The number of amides is 1. The average Bonchev–Trinajstić information content (AvgIpc) is 2.47. The number of rotatable bonds is 1. The zero-order valence-electron chi connectivity index (χ0n) is 10.7. The monoisotopic (exact) mass is 256 g/mol. The summed E-state index contributed by atoms with van der Waals surface area (Å²) in [4.78, 5) is 16.0. The Bertz CT molecular complexity index is 536. The van der Waals surface area contributed by atoms with Crippen LogP contribution in [0.2, 0.25) is 0 Å². The van der Waals surface area contributed by atoms with Crippen LogP contribution in [0.5, 0.6) is 0 Å². The van der Waals surface area contributed by atoms with E-state index in [-0.39, 0.29) is 11.9 Å². The van der Waals surface area contributed by atoms with Crippen molar-refractivity contribution in [3.8, 4) is 6.07 Å². The average molecular weight is 256 g/mol. The van der Waals surface area contributed by atoms with Crippen LogP contribution in [0.3, 0.4) is 0 Å². The van der Waals surface area contributed by atoms with E-state index in [1.807, 2.05) is 29.2 Å². The molecule has 2 fully saturated rings. The Morgan fingerprint density at radius 1 is 1.32 bits per heavy atom. The minimum atomic E-state index is 0.185. The predicted molar refractivity (Wildman–Crippen MR) is 71.7 cm³/mol. The highest BCUT2D eigenvalue weighted by Crippen LogP contribution is 2.23. The predicted octanol–water partition coefficient (Wildman–Crippen LogP) is 0.179. The van der Waals surface area contributed by atoms with Crippen LogP contribution in [-0.2, 0) is 4.79 Å². The van der Waals surface area contributed by atoms with Gasteiger partial charge in [-0.3, -0.25) is 4.79 Å². The van der Waals surface area contributed by atoms with Gasteiger partial charge in [-0.1, -0.05) is 12.1 Å². The molecule has 0 saturated carbocycles. The molecule has 0 aliphatic carbocycles. The number of benzene rings is 1. The van der Waals surface area contributed by atoms with E-state index in [0.717, 1.165) is 31.9 Å². The molecule has 19 heavy (non-hydrogen) atoms. The molecule has 1 amide bonds. The topological polar surface area (TPSA) is 59.4 Å². The van der Waals surface area contributed by atoms with E-state index in [0.29, 0.717) is 12.1 Å². The molecule has 3 rings (SSSR count). The molecule has 1 aromatic rings. The molecule has 1 unspecified atom stereocenters. The summed E-state index contributed by atoms with van der Waals surface area (Å²) < 4.78 is 0. The maximum Gasteiger partial charge on any atom is 0.236 e. The van der Waals surface area contributed by atoms with Crippen LogP contribution in [0.4, 0.5) is 5.69 Å². The first-order chi connectivity index (χ1) is 9.29. The summed E-state index contributed by atoms with van der Waals surface area (Å²) in [6.07, 6.45) is 0. The molecule has 0 radical (unpaired) electrons. The summed E-state index contributed by atoms with van der Waals surface area (Å²) >= 11 is 0. The number of para-hydroxylation sites is 1. The van der Waals surface area contributed by atoms with Crippen LogP contribution < -0.4 is 10.2 Å². The van der Waals surface area contributed by atoms with Crippen molar-refractivity contribution in [1.29, 1.82) is 5.26 Å². The molecule has 2 aliphatic heterocycles. The summed E-state index contributed by atoms with van der Waals surface area (Å²) in [5.41, 5.74) is 1.67. The van der Waals surface area contributed by atoms with Crippen molar-refractivity contribution in [2.75, 3.05) is 37.6 Å². The molecule has 0 bridgehead atoms. The Labute approximate surface area is 112 Å². The number of carbonyl (C=O) groups excluding carboxylic acids is 1. The highest BCUT2D eigenvalue weighted by atomic mass is 16.2. The van der Waals surface area contributed by atoms with Crippen LogP contribution >= 0.6 is 0 Å². The smallest absolute Gasteiger partial charge is 0.236 e. The van der Waals surface area contributed by atoms with Crippen molar-refractivity contribution in [3.05, 3.63) is 29.8 Å². The van der Waals surface area contributed by atoms with Crippen molar-refractivity contribution in [2.24, 2.45) is 0 Å². The lowest BCUT2D eigenvalue weighted by molar-refractivity contribution is -0.135. The third-order valence-corrected chi connectivity index (χ3v) is 3.82. The molecule has 0 spiro atoms. The van der Waals surface area contributed by atoms with Crippen molar-refractivity contribution < 1.29 is 4.79 Å². The third kappa shape index (κ3) is 2.15. The summed E-state index contributed by atoms with van der Waals surface area (Å²) in [6, 6.07) is 10.1. The van der Waals surface area contributed by atoms with Crippen molar-refractivity contribution in [3.63, 3.8) is 0 Å². The first kappa shape index (κ1) is 12.0. The SMILES string of the molecule is N#Cc1ccccc1N1CCN2C(=O)CNCC2C1. The van der Waals surface area contributed by atoms with Gasteiger partial charge in [-0.15, -0.1) is 0 Å². The zero-order chi connectivity index (χ0) is 13.2. The van der Waals surface area contributed by atoms with Gasteiger partial charge in [0, 0.05) is 26.2 Å². The second kappa shape index (κ2) is 4.90. The number of nitriles is 1. The molecule has 5 heteroatoms. The Kier molecular flexibility index (Phi) is 3.10. The van der Waals surface area contributed by atoms with Crippen molar-refractivity contribution >= 4 is 11.6 Å². The number of nitrogens with one attached hydrogen (secondary N) is 1. The molecule has 98 valence electrons. The van der Waals surface area contributed by atoms with Gasteiger partial charge in [0.15, 0.2) is 0 Å². The summed E-state index contributed by atoms with van der Waals surface area (Å²) in [5, 5.41) is 12.3. The lowest BCUT2D eigenvalue weighted by Gasteiger charge is -2.45. The molecule has 2 heterocycles. The van der Waals surface area contributed by atoms with E-state index in [4.69, 9.17) is 0 Å². The number of hydrogen-bond donors (Lipinski definition) is 1. The number of carbonyl (C=O) groups is 1. The van der Waals surface area contributed by atoms with E-state index < -0.39 is 0 Å². The van der Waals surface area contributed by atoms with Crippen molar-refractivity contribution in [1.82, 2.24) is 10.2 Å². The standard InChI is InChI=1S/C14H16N4O/c15-7-11-3-1-2-4-13(11)17-5-6-18-12(10-17)8-16-9-14(18)19/h1-4,12,16H,5-6,8-10H2. The molecule has 5 nitrogen and oxygen atoms in total. The minimum absolute atomic E-state index is 0.185. The minimum Gasteiger partial charge on any atom is -0.367 e. The Morgan fingerprint density at radius 2 is 2.16 bits per heavy atom. The largest absolute Gasteiger partial charge is 0.367 e. The van der Waals surface area contributed by atoms with Gasteiger partial charge in [-0.2, -0.15) is 5.26 Å². The first-order valence-electron chi connectivity index (χ1n) is 6.54. The van der Waals surface area contributed by atoms with Crippen molar-refractivity contribution in [2.45, 2.75) is 6.04 Å². The van der Waals surface area contributed by atoms with Gasteiger partial charge in [-0.05, 0) is 12.1 Å². The Hall–Kier alpha value is -2.06. The molecule has 2 aliphatic rings. The highest BCUT2D eigenvalue weighted by Gasteiger charge is 2.33. The number of nitrogens with zero attached hydrogens (tertiary/aromatic N) is 3. The second-order valence-electron chi connectivity index (χ2n) is 4.95. The number of anilines is 1. The Morgan fingerprint density at radius 3 is 3.00 bits per heavy atom. The molecule has 1 N–H and O–H groups in total. The lowest BCUT2D eigenvalue weighted by Crippen LogP contribution is -2.63. The van der Waals surface area contributed by atoms with Crippen LogP contribution in [0.1, 0.15) is 5.56 Å². The van der Waals surface area contributed by atoms with Crippen LogP contribution in [0.15, 0.2) is 24.3 Å². The van der Waals surface area contributed by atoms with E-state index in [1.165, 1.54) is 0 Å². The van der Waals surface area contributed by atoms with E-state index in [2.05, 4.69) is 16.3 Å². The normalized spacial score (nSPS) is 22.9.